The highest BCUT2D eigenvalue weighted by Crippen LogP contribution is 2.17. The Bertz CT molecular complexity index is 503. The van der Waals surface area contributed by atoms with E-state index >= 15 is 0 Å². The molecule has 25 heavy (non-hydrogen) atoms. The van der Waals surface area contributed by atoms with Gasteiger partial charge in [-0.15, -0.1) is 35.3 Å². The second kappa shape index (κ2) is 12.9. The Hall–Kier alpha value is -0.380. The minimum absolute atomic E-state index is 0. The van der Waals surface area contributed by atoms with Gasteiger partial charge < -0.3 is 15.4 Å². The van der Waals surface area contributed by atoms with E-state index in [0.29, 0.717) is 5.92 Å². The minimum atomic E-state index is 0. The Labute approximate surface area is 173 Å². The van der Waals surface area contributed by atoms with Crippen LogP contribution in [-0.4, -0.2) is 56.8 Å². The number of morpholine rings is 1. The number of aliphatic imine (C=N–C) groups is 1. The first-order valence-corrected chi connectivity index (χ1v) is 9.92. The van der Waals surface area contributed by atoms with Crippen molar-refractivity contribution in [1.29, 1.82) is 0 Å². The molecule has 0 aliphatic carbocycles. The molecule has 0 saturated carbocycles. The standard InChI is InChI=1S/C18H32N4OS.HI/c1-4-16-6-7-17(24-16)13-21-18(19-5-2)20-12-15(3)14-22-8-10-23-11-9-22;/h6-7,15H,4-5,8-14H2,1-3H3,(H2,19,20,21);1H. The van der Waals surface area contributed by atoms with Crippen molar-refractivity contribution in [1.82, 2.24) is 15.5 Å². The van der Waals surface area contributed by atoms with Crippen LogP contribution in [0.5, 0.6) is 0 Å². The first-order valence-electron chi connectivity index (χ1n) is 9.11. The van der Waals surface area contributed by atoms with Crippen LogP contribution in [0.15, 0.2) is 17.1 Å². The van der Waals surface area contributed by atoms with Crippen molar-refractivity contribution in [3.05, 3.63) is 21.9 Å². The summed E-state index contributed by atoms with van der Waals surface area (Å²) in [5, 5.41) is 6.83. The van der Waals surface area contributed by atoms with Gasteiger partial charge in [0.25, 0.3) is 0 Å². The molecule has 1 fully saturated rings. The SMILES string of the molecule is CCNC(=NCc1ccc(CC)s1)NCC(C)CN1CCOCC1.I. The Morgan fingerprint density at radius 3 is 2.60 bits per heavy atom. The molecule has 1 aromatic rings. The molecular formula is C18H33IN4OS. The quantitative estimate of drug-likeness (QED) is 0.341. The predicted octanol–water partition coefficient (Wildman–Crippen LogP) is 2.95. The minimum Gasteiger partial charge on any atom is -0.379 e. The molecule has 5 nitrogen and oxygen atoms in total. The molecule has 2 N–H and O–H groups in total. The summed E-state index contributed by atoms with van der Waals surface area (Å²) in [4.78, 5) is 9.96. The number of halogens is 1. The summed E-state index contributed by atoms with van der Waals surface area (Å²) in [6, 6.07) is 4.40. The highest BCUT2D eigenvalue weighted by molar-refractivity contribution is 14.0. The van der Waals surface area contributed by atoms with Crippen LogP contribution >= 0.6 is 35.3 Å². The molecule has 1 aliphatic rings. The third-order valence-corrected chi connectivity index (χ3v) is 5.31. The smallest absolute Gasteiger partial charge is 0.191 e. The van der Waals surface area contributed by atoms with Crippen LogP contribution in [-0.2, 0) is 17.7 Å². The fourth-order valence-electron chi connectivity index (χ4n) is 2.76. The Morgan fingerprint density at radius 2 is 1.96 bits per heavy atom. The predicted molar refractivity (Wildman–Crippen MR) is 118 cm³/mol. The van der Waals surface area contributed by atoms with E-state index in [1.807, 2.05) is 11.3 Å². The van der Waals surface area contributed by atoms with Gasteiger partial charge in [0.05, 0.1) is 19.8 Å². The number of guanidine groups is 1. The average Bonchev–Trinajstić information content (AvgIpc) is 3.06. The largest absolute Gasteiger partial charge is 0.379 e. The van der Waals surface area contributed by atoms with Crippen molar-refractivity contribution in [3.8, 4) is 0 Å². The molecule has 0 aromatic carbocycles. The second-order valence-corrected chi connectivity index (χ2v) is 7.57. The van der Waals surface area contributed by atoms with Gasteiger partial charge >= 0.3 is 0 Å². The van der Waals surface area contributed by atoms with Crippen molar-refractivity contribution in [2.75, 3.05) is 45.9 Å². The number of rotatable bonds is 8. The Morgan fingerprint density at radius 1 is 1.24 bits per heavy atom. The fourth-order valence-corrected chi connectivity index (χ4v) is 3.64. The molecule has 1 unspecified atom stereocenters. The number of thiophene rings is 1. The summed E-state index contributed by atoms with van der Waals surface area (Å²) in [5.74, 6) is 1.50. The summed E-state index contributed by atoms with van der Waals surface area (Å²) in [7, 11) is 0. The van der Waals surface area contributed by atoms with Gasteiger partial charge in [-0.3, -0.25) is 4.90 Å². The van der Waals surface area contributed by atoms with E-state index in [-0.39, 0.29) is 24.0 Å². The van der Waals surface area contributed by atoms with Gasteiger partial charge in [0.1, 0.15) is 0 Å². The van der Waals surface area contributed by atoms with Gasteiger partial charge in [0.15, 0.2) is 5.96 Å². The van der Waals surface area contributed by atoms with Crippen molar-refractivity contribution in [2.45, 2.75) is 33.7 Å². The normalized spacial score (nSPS) is 17.0. The number of hydrogen-bond donors (Lipinski definition) is 2. The van der Waals surface area contributed by atoms with Crippen LogP contribution in [0.2, 0.25) is 0 Å². The molecule has 7 heteroatoms. The van der Waals surface area contributed by atoms with Crippen LogP contribution in [0.1, 0.15) is 30.5 Å². The lowest BCUT2D eigenvalue weighted by atomic mass is 10.1. The molecule has 1 aliphatic heterocycles. The molecule has 2 heterocycles. The first-order chi connectivity index (χ1) is 11.7. The van der Waals surface area contributed by atoms with E-state index in [0.717, 1.165) is 64.9 Å². The van der Waals surface area contributed by atoms with Gasteiger partial charge in [-0.25, -0.2) is 4.99 Å². The maximum Gasteiger partial charge on any atom is 0.191 e. The Balaban J connectivity index is 0.00000312. The van der Waals surface area contributed by atoms with E-state index in [2.05, 4.69) is 48.4 Å². The monoisotopic (exact) mass is 480 g/mol. The van der Waals surface area contributed by atoms with Gasteiger partial charge in [0, 0.05) is 42.5 Å². The van der Waals surface area contributed by atoms with E-state index < -0.39 is 0 Å². The number of hydrogen-bond acceptors (Lipinski definition) is 4. The number of aryl methyl sites for hydroxylation is 1. The highest BCUT2D eigenvalue weighted by Gasteiger charge is 2.13. The van der Waals surface area contributed by atoms with Crippen molar-refractivity contribution < 1.29 is 4.74 Å². The van der Waals surface area contributed by atoms with Crippen molar-refractivity contribution in [2.24, 2.45) is 10.9 Å². The molecule has 0 bridgehead atoms. The van der Waals surface area contributed by atoms with Gasteiger partial charge in [-0.1, -0.05) is 13.8 Å². The third kappa shape index (κ3) is 8.70. The summed E-state index contributed by atoms with van der Waals surface area (Å²) in [6.45, 7) is 14.1. The highest BCUT2D eigenvalue weighted by atomic mass is 127. The van der Waals surface area contributed by atoms with Crippen LogP contribution in [0.25, 0.3) is 0 Å². The lowest BCUT2D eigenvalue weighted by Gasteiger charge is -2.29. The molecule has 144 valence electrons. The van der Waals surface area contributed by atoms with Crippen LogP contribution in [0, 0.1) is 5.92 Å². The summed E-state index contributed by atoms with van der Waals surface area (Å²) >= 11 is 1.86. The molecule has 1 atom stereocenters. The maximum absolute atomic E-state index is 5.41. The molecule has 0 amide bonds. The first kappa shape index (κ1) is 22.7. The maximum atomic E-state index is 5.41. The van der Waals surface area contributed by atoms with Gasteiger partial charge in [-0.05, 0) is 31.4 Å². The van der Waals surface area contributed by atoms with Gasteiger partial charge in [0.2, 0.25) is 0 Å². The van der Waals surface area contributed by atoms with E-state index in [4.69, 9.17) is 9.73 Å². The van der Waals surface area contributed by atoms with Crippen LogP contribution in [0.3, 0.4) is 0 Å². The molecule has 1 aromatic heterocycles. The number of ether oxygens (including phenoxy) is 1. The van der Waals surface area contributed by atoms with E-state index in [1.165, 1.54) is 9.75 Å². The third-order valence-electron chi connectivity index (χ3n) is 4.09. The van der Waals surface area contributed by atoms with Gasteiger partial charge in [-0.2, -0.15) is 0 Å². The lowest BCUT2D eigenvalue weighted by Crippen LogP contribution is -2.44. The zero-order valence-electron chi connectivity index (χ0n) is 15.7. The average molecular weight is 480 g/mol. The molecule has 1 saturated heterocycles. The lowest BCUT2D eigenvalue weighted by molar-refractivity contribution is 0.0320. The van der Waals surface area contributed by atoms with E-state index in [1.54, 1.807) is 0 Å². The van der Waals surface area contributed by atoms with E-state index in [9.17, 15) is 0 Å². The van der Waals surface area contributed by atoms with Crippen LogP contribution < -0.4 is 10.6 Å². The summed E-state index contributed by atoms with van der Waals surface area (Å²) < 4.78 is 5.41. The van der Waals surface area contributed by atoms with Crippen LogP contribution in [0.4, 0.5) is 0 Å². The molecule has 0 radical (unpaired) electrons. The number of nitrogens with zero attached hydrogens (tertiary/aromatic N) is 2. The summed E-state index contributed by atoms with van der Waals surface area (Å²) in [5.41, 5.74) is 0. The molecule has 0 spiro atoms. The molecule has 2 rings (SSSR count). The van der Waals surface area contributed by atoms with Crippen molar-refractivity contribution >= 4 is 41.3 Å². The number of nitrogens with one attached hydrogen (secondary N) is 2. The second-order valence-electron chi connectivity index (χ2n) is 6.32. The summed E-state index contributed by atoms with van der Waals surface area (Å²) in [6.07, 6.45) is 1.10. The zero-order chi connectivity index (χ0) is 17.2. The molecular weight excluding hydrogens is 447 g/mol. The van der Waals surface area contributed by atoms with Crippen molar-refractivity contribution in [3.63, 3.8) is 0 Å². The zero-order valence-corrected chi connectivity index (χ0v) is 18.9. The Kier molecular flexibility index (Phi) is 11.7. The topological polar surface area (TPSA) is 48.9 Å². The fraction of sp³-hybridized carbons (Fsp3) is 0.722.